The number of aromatic nitrogens is 3. The maximum absolute atomic E-state index is 12.5. The zero-order valence-corrected chi connectivity index (χ0v) is 49.7. The van der Waals surface area contributed by atoms with Crippen LogP contribution < -0.4 is 164 Å². The van der Waals surface area contributed by atoms with E-state index in [-0.39, 0.29) is 164 Å². The van der Waals surface area contributed by atoms with Gasteiger partial charge in [0.2, 0.25) is 27.6 Å². The number of azo groups is 1. The number of nitrogens with one attached hydrogen (secondary N) is 2. The van der Waals surface area contributed by atoms with Crippen LogP contribution in [0.2, 0.25) is 5.28 Å². The first-order chi connectivity index (χ1) is 27.8. The quantitative estimate of drug-likeness (QED) is 0.0249. The van der Waals surface area contributed by atoms with Gasteiger partial charge in [-0.3, -0.25) is 4.18 Å². The molecule has 0 radical (unpaired) electrons. The van der Waals surface area contributed by atoms with Crippen LogP contribution in [0.4, 0.5) is 40.3 Å². The molecule has 1 heterocycles. The maximum Gasteiger partial charge on any atom is 1.00 e. The third kappa shape index (κ3) is 17.2. The first-order valence-electron chi connectivity index (χ1n) is 15.2. The molecule has 0 bridgehead atoms. The Labute approximate surface area is 490 Å². The Morgan fingerprint density at radius 2 is 1.17 bits per heavy atom. The molecule has 0 amide bonds. The van der Waals surface area contributed by atoms with Gasteiger partial charge in [-0.15, -0.1) is 10.2 Å². The molecule has 39 heteroatoms. The standard InChI is InChI=1S/C27H23ClN8O19S6.5Na/c28-25-32-26(30-13-1-3-14(4-2-13)56(38,39)6-5-55-61(52,53)54)34-27(33-25)31-16-10-17(20(59(46,47)48)11-19(16)58(43,44)45)35-36-24-21(60(49,50)51)8-12-7-15(57(40,41)42)9-18(37)22(12)23(24)29;;;;;/h1-4,7-11,37H,5-6,29H2,(H,40,41,42)(H,43,44,45)(H,46,47,48)(H,49,50,51)(H,52,53,54)(H2,30,31,32,33,34);;;;;/q;5*+1/p-5. The van der Waals surface area contributed by atoms with Crippen molar-refractivity contribution < 1.29 is 230 Å². The number of hydrogen-bond donors (Lipinski definition) is 4. The number of phenolic OH excluding ortho intramolecular Hbond substituents is 1. The molecule has 4 aromatic carbocycles. The minimum Gasteiger partial charge on any atom is -0.744 e. The van der Waals surface area contributed by atoms with Crippen LogP contribution in [0.3, 0.4) is 0 Å². The molecule has 0 spiro atoms. The zero-order valence-electron chi connectivity index (χ0n) is 34.0. The summed E-state index contributed by atoms with van der Waals surface area (Å²) in [6, 6.07) is 6.22. The van der Waals surface area contributed by atoms with Gasteiger partial charge in [-0.2, -0.15) is 15.0 Å². The number of nitrogens with two attached hydrogens (primary N) is 1. The number of benzene rings is 4. The number of sulfone groups is 1. The average Bonchev–Trinajstić information content (AvgIpc) is 3.08. The molecular weight excluding hydrogens is 1080 g/mol. The second-order valence-corrected chi connectivity index (χ2v) is 20.5. The topological polar surface area (TPSA) is 463 Å². The van der Waals surface area contributed by atoms with E-state index in [1.54, 1.807) is 0 Å². The van der Waals surface area contributed by atoms with Crippen molar-refractivity contribution in [1.82, 2.24) is 15.0 Å². The Balaban J connectivity index is 0.00000845. The van der Waals surface area contributed by atoms with Gasteiger partial charge in [0.25, 0.3) is 0 Å². The van der Waals surface area contributed by atoms with Crippen LogP contribution in [0, 0.1) is 0 Å². The molecule has 0 unspecified atom stereocenters. The summed E-state index contributed by atoms with van der Waals surface area (Å²) in [4.78, 5) is 5.54. The normalized spacial score (nSPS) is 12.2. The fraction of sp³-hybridized carbons (Fsp3) is 0.0741. The number of fused-ring (bicyclic) bond motifs is 1. The molecule has 0 saturated carbocycles. The van der Waals surface area contributed by atoms with Gasteiger partial charge in [0.15, 0.2) is 9.84 Å². The average molecular weight is 1100 g/mol. The third-order valence-electron chi connectivity index (χ3n) is 7.49. The summed E-state index contributed by atoms with van der Waals surface area (Å²) in [5, 5.41) is 20.3. The molecule has 0 aliphatic carbocycles. The number of aromatic hydroxyl groups is 1. The summed E-state index contributed by atoms with van der Waals surface area (Å²) in [7, 11) is -31.8. The molecule has 5 rings (SSSR count). The first-order valence-corrected chi connectivity index (χ1v) is 24.2. The van der Waals surface area contributed by atoms with Crippen LogP contribution in [0.15, 0.2) is 89.3 Å². The van der Waals surface area contributed by atoms with E-state index in [2.05, 4.69) is 40.0 Å². The number of hydrogen-bond acceptors (Lipinski definition) is 27. The van der Waals surface area contributed by atoms with Crippen molar-refractivity contribution in [2.75, 3.05) is 28.7 Å². The molecular formula is C27H18ClN8Na5O19S6. The van der Waals surface area contributed by atoms with E-state index in [9.17, 15) is 78.4 Å². The minimum atomic E-state index is -5.82. The predicted octanol–water partition coefficient (Wildman–Crippen LogP) is -14.2. The molecule has 0 aliphatic heterocycles. The minimum absolute atomic E-state index is 0. The number of phenols is 1. The molecule has 1 aromatic heterocycles. The van der Waals surface area contributed by atoms with Gasteiger partial charge in [-0.05, 0) is 71.6 Å². The molecule has 66 heavy (non-hydrogen) atoms. The Hall–Kier alpha value is -0.300. The fourth-order valence-corrected chi connectivity index (χ4v) is 9.15. The number of rotatable bonds is 15. The SMILES string of the molecule is Nc1c(N=Nc2cc(Nc3nc(Cl)nc(Nc4ccc(S(=O)(=O)CCOS(=O)(=O)[O-])cc4)n3)c(S(=O)(=O)[O-])cc2S(=O)(=O)[O-])c(S(=O)(=O)[O-])cc2cc(S(=O)(=O)[O-])cc(O)c12.[Na+].[Na+].[Na+].[Na+].[Na+]. The summed E-state index contributed by atoms with van der Waals surface area (Å²) < 4.78 is 206. The molecule has 0 aliphatic rings. The molecule has 5 aromatic rings. The van der Waals surface area contributed by atoms with Crippen LogP contribution in [0.1, 0.15) is 0 Å². The van der Waals surface area contributed by atoms with Gasteiger partial charge < -0.3 is 44.2 Å². The predicted molar refractivity (Wildman–Crippen MR) is 198 cm³/mol. The van der Waals surface area contributed by atoms with Gasteiger partial charge >= 0.3 is 148 Å². The summed E-state index contributed by atoms with van der Waals surface area (Å²) in [6.07, 6.45) is 0. The maximum atomic E-state index is 12.5. The number of nitrogens with zero attached hydrogens (tertiary/aromatic N) is 5. The van der Waals surface area contributed by atoms with E-state index in [4.69, 9.17) is 17.3 Å². The van der Waals surface area contributed by atoms with E-state index in [0.717, 1.165) is 24.3 Å². The van der Waals surface area contributed by atoms with Crippen molar-refractivity contribution in [3.8, 4) is 5.75 Å². The van der Waals surface area contributed by atoms with Gasteiger partial charge in [-0.1, -0.05) is 0 Å². The van der Waals surface area contributed by atoms with Gasteiger partial charge in [0, 0.05) is 11.1 Å². The van der Waals surface area contributed by atoms with Crippen LogP contribution in [0.5, 0.6) is 5.75 Å². The summed E-state index contributed by atoms with van der Waals surface area (Å²) in [6.45, 7) is -0.970. The van der Waals surface area contributed by atoms with Crippen molar-refractivity contribution >= 4 is 123 Å². The van der Waals surface area contributed by atoms with E-state index in [1.165, 1.54) is 0 Å². The van der Waals surface area contributed by atoms with Crippen molar-refractivity contribution in [3.63, 3.8) is 0 Å². The van der Waals surface area contributed by atoms with E-state index < -0.39 is 149 Å². The van der Waals surface area contributed by atoms with E-state index in [1.807, 2.05) is 0 Å². The first kappa shape index (κ1) is 65.7. The van der Waals surface area contributed by atoms with Crippen molar-refractivity contribution in [1.29, 1.82) is 0 Å². The second kappa shape index (κ2) is 24.9. The summed E-state index contributed by atoms with van der Waals surface area (Å²) in [5.74, 6) is -3.12. The van der Waals surface area contributed by atoms with Crippen LogP contribution in [-0.4, -0.2) is 106 Å². The molecule has 5 N–H and O–H groups in total. The molecule has 0 saturated heterocycles. The molecule has 27 nitrogen and oxygen atoms in total. The Morgan fingerprint density at radius 3 is 1.67 bits per heavy atom. The Kier molecular flexibility index (Phi) is 24.8. The largest absolute Gasteiger partial charge is 1.00 e. The number of halogens is 1. The van der Waals surface area contributed by atoms with Gasteiger partial charge in [-0.25, -0.2) is 50.5 Å². The van der Waals surface area contributed by atoms with Gasteiger partial charge in [0.05, 0.1) is 48.2 Å². The molecule has 328 valence electrons. The summed E-state index contributed by atoms with van der Waals surface area (Å²) >= 11 is 5.98. The smallest absolute Gasteiger partial charge is 0.744 e. The Bertz CT molecular complexity index is 3380. The Morgan fingerprint density at radius 1 is 0.636 bits per heavy atom. The zero-order chi connectivity index (χ0) is 45.7. The molecule has 0 atom stereocenters. The summed E-state index contributed by atoms with van der Waals surface area (Å²) in [5.41, 5.74) is 1.84. The fourth-order valence-electron chi connectivity index (χ4n) is 4.99. The van der Waals surface area contributed by atoms with Crippen molar-refractivity contribution in [3.05, 3.63) is 59.9 Å². The number of nitrogen functional groups attached to an aromatic ring is 1. The molecule has 0 fully saturated rings. The number of anilines is 5. The van der Waals surface area contributed by atoms with E-state index >= 15 is 0 Å². The monoisotopic (exact) mass is 1100 g/mol. The van der Waals surface area contributed by atoms with E-state index in [0.29, 0.717) is 24.3 Å². The van der Waals surface area contributed by atoms with Crippen LogP contribution in [-0.2, 0) is 64.9 Å². The van der Waals surface area contributed by atoms with Crippen LogP contribution >= 0.6 is 11.6 Å². The van der Waals surface area contributed by atoms with Crippen molar-refractivity contribution in [2.24, 2.45) is 10.2 Å². The third-order valence-corrected chi connectivity index (χ3v) is 13.2. The van der Waals surface area contributed by atoms with Crippen LogP contribution in [0.25, 0.3) is 10.8 Å². The van der Waals surface area contributed by atoms with Gasteiger partial charge in [0.1, 0.15) is 57.6 Å². The van der Waals surface area contributed by atoms with Crippen molar-refractivity contribution in [2.45, 2.75) is 24.5 Å². The second-order valence-electron chi connectivity index (χ2n) is 11.6.